The second-order valence-corrected chi connectivity index (χ2v) is 7.33. The summed E-state index contributed by atoms with van der Waals surface area (Å²) in [7, 11) is 4.21. The van der Waals surface area contributed by atoms with Crippen LogP contribution in [-0.2, 0) is 0 Å². The van der Waals surface area contributed by atoms with E-state index in [-0.39, 0.29) is 0 Å². The van der Waals surface area contributed by atoms with Crippen LogP contribution in [-0.4, -0.2) is 36.6 Å². The van der Waals surface area contributed by atoms with Crippen molar-refractivity contribution < 1.29 is 0 Å². The van der Waals surface area contributed by atoms with Crippen LogP contribution in [0.2, 0.25) is 5.02 Å². The highest BCUT2D eigenvalue weighted by atomic mass is 35.5. The highest BCUT2D eigenvalue weighted by Crippen LogP contribution is 2.29. The summed E-state index contributed by atoms with van der Waals surface area (Å²) in [6, 6.07) is 6.28. The smallest absolute Gasteiger partial charge is 0.184 e. The van der Waals surface area contributed by atoms with Crippen LogP contribution in [0.25, 0.3) is 10.2 Å². The number of rotatable bonds is 6. The van der Waals surface area contributed by atoms with Crippen molar-refractivity contribution in [3.63, 3.8) is 0 Å². The van der Waals surface area contributed by atoms with E-state index in [4.69, 9.17) is 11.6 Å². The Balaban J connectivity index is 2.14. The molecule has 0 radical (unpaired) electrons. The van der Waals surface area contributed by atoms with Gasteiger partial charge in [0.25, 0.3) is 0 Å². The molecule has 1 atom stereocenters. The first-order valence-electron chi connectivity index (χ1n) is 6.91. The number of benzene rings is 1. The van der Waals surface area contributed by atoms with Crippen LogP contribution in [0.1, 0.15) is 20.3 Å². The molecule has 0 amide bonds. The third-order valence-electron chi connectivity index (χ3n) is 3.02. The Morgan fingerprint density at radius 3 is 2.75 bits per heavy atom. The van der Waals surface area contributed by atoms with Gasteiger partial charge in [-0.15, -0.1) is 0 Å². The Bertz CT molecular complexity index is 555. The summed E-state index contributed by atoms with van der Waals surface area (Å²) < 4.78 is 1.17. The van der Waals surface area contributed by atoms with Gasteiger partial charge in [-0.1, -0.05) is 36.8 Å². The molecule has 20 heavy (non-hydrogen) atoms. The quantitative estimate of drug-likeness (QED) is 0.860. The summed E-state index contributed by atoms with van der Waals surface area (Å²) in [6.07, 6.45) is 1.13. The number of halogens is 1. The van der Waals surface area contributed by atoms with Gasteiger partial charge in [0.1, 0.15) is 0 Å². The molecule has 0 spiro atoms. The van der Waals surface area contributed by atoms with E-state index in [0.717, 1.165) is 28.6 Å². The maximum absolute atomic E-state index is 6.01. The average Bonchev–Trinajstić information content (AvgIpc) is 2.68. The number of hydrogen-bond acceptors (Lipinski definition) is 4. The zero-order valence-corrected chi connectivity index (χ0v) is 14.1. The van der Waals surface area contributed by atoms with E-state index in [0.29, 0.717) is 12.0 Å². The van der Waals surface area contributed by atoms with Crippen LogP contribution in [0.4, 0.5) is 5.13 Å². The predicted molar refractivity (Wildman–Crippen MR) is 90.0 cm³/mol. The van der Waals surface area contributed by atoms with Gasteiger partial charge in [-0.2, -0.15) is 0 Å². The molecule has 0 bridgehead atoms. The number of thiazole rings is 1. The SMILES string of the molecule is CC(C)CC(CN(C)C)Nc1nc2cc(Cl)ccc2s1. The molecule has 0 aliphatic rings. The highest BCUT2D eigenvalue weighted by Gasteiger charge is 2.14. The van der Waals surface area contributed by atoms with Gasteiger partial charge in [0.2, 0.25) is 0 Å². The fourth-order valence-electron chi connectivity index (χ4n) is 2.33. The van der Waals surface area contributed by atoms with Gasteiger partial charge in [-0.3, -0.25) is 0 Å². The minimum absolute atomic E-state index is 0.418. The number of hydrogen-bond donors (Lipinski definition) is 1. The maximum Gasteiger partial charge on any atom is 0.184 e. The predicted octanol–water partition coefficient (Wildman–Crippen LogP) is 4.34. The fourth-order valence-corrected chi connectivity index (χ4v) is 3.42. The van der Waals surface area contributed by atoms with Crippen LogP contribution >= 0.6 is 22.9 Å². The van der Waals surface area contributed by atoms with Crippen molar-refractivity contribution in [2.24, 2.45) is 5.92 Å². The standard InChI is InChI=1S/C15H22ClN3S/c1-10(2)7-12(9-19(3)4)17-15-18-13-8-11(16)5-6-14(13)20-15/h5-6,8,10,12H,7,9H2,1-4H3,(H,17,18). The monoisotopic (exact) mass is 311 g/mol. The first-order chi connectivity index (χ1) is 9.44. The molecule has 110 valence electrons. The van der Waals surface area contributed by atoms with E-state index in [1.807, 2.05) is 18.2 Å². The first-order valence-corrected chi connectivity index (χ1v) is 8.11. The van der Waals surface area contributed by atoms with E-state index in [1.54, 1.807) is 11.3 Å². The van der Waals surface area contributed by atoms with Crippen molar-refractivity contribution in [2.75, 3.05) is 26.0 Å². The topological polar surface area (TPSA) is 28.2 Å². The number of anilines is 1. The lowest BCUT2D eigenvalue weighted by Crippen LogP contribution is -2.33. The molecule has 1 N–H and O–H groups in total. The molecule has 2 aromatic rings. The van der Waals surface area contributed by atoms with Crippen molar-refractivity contribution in [1.82, 2.24) is 9.88 Å². The fraction of sp³-hybridized carbons (Fsp3) is 0.533. The normalized spacial score (nSPS) is 13.3. The van der Waals surface area contributed by atoms with E-state index in [9.17, 15) is 0 Å². The van der Waals surface area contributed by atoms with Crippen molar-refractivity contribution in [3.8, 4) is 0 Å². The number of aromatic nitrogens is 1. The van der Waals surface area contributed by atoms with Gasteiger partial charge in [0.05, 0.1) is 10.2 Å². The Kier molecular flexibility index (Phi) is 5.24. The molecule has 1 aromatic heterocycles. The molecule has 0 saturated carbocycles. The van der Waals surface area contributed by atoms with E-state index in [1.165, 1.54) is 4.70 Å². The Morgan fingerprint density at radius 1 is 1.35 bits per heavy atom. The Hall–Kier alpha value is -0.840. The van der Waals surface area contributed by atoms with Crippen molar-refractivity contribution in [1.29, 1.82) is 0 Å². The average molecular weight is 312 g/mol. The summed E-state index contributed by atoms with van der Waals surface area (Å²) in [6.45, 7) is 5.51. The molecule has 1 unspecified atom stereocenters. The minimum Gasteiger partial charge on any atom is -0.357 e. The van der Waals surface area contributed by atoms with Crippen LogP contribution in [0.5, 0.6) is 0 Å². The third kappa shape index (κ3) is 4.33. The number of likely N-dealkylation sites (N-methyl/N-ethyl adjacent to an activating group) is 1. The molecule has 0 fully saturated rings. The Labute approximate surface area is 130 Å². The van der Waals surface area contributed by atoms with Gasteiger partial charge in [0, 0.05) is 17.6 Å². The second-order valence-electron chi connectivity index (χ2n) is 5.86. The first kappa shape index (κ1) is 15.5. The molecular weight excluding hydrogens is 290 g/mol. The molecular formula is C15H22ClN3S. The van der Waals surface area contributed by atoms with Crippen LogP contribution in [0.3, 0.4) is 0 Å². The lowest BCUT2D eigenvalue weighted by Gasteiger charge is -2.23. The summed E-state index contributed by atoms with van der Waals surface area (Å²) in [4.78, 5) is 6.84. The molecule has 3 nitrogen and oxygen atoms in total. The molecule has 1 heterocycles. The van der Waals surface area contributed by atoms with Crippen LogP contribution < -0.4 is 5.32 Å². The summed E-state index contributed by atoms with van der Waals surface area (Å²) in [5, 5.41) is 5.29. The summed E-state index contributed by atoms with van der Waals surface area (Å²) in [5.74, 6) is 0.663. The third-order valence-corrected chi connectivity index (χ3v) is 4.22. The lowest BCUT2D eigenvalue weighted by atomic mass is 10.0. The number of nitrogens with zero attached hydrogens (tertiary/aromatic N) is 2. The maximum atomic E-state index is 6.01. The van der Waals surface area contributed by atoms with Gasteiger partial charge in [-0.25, -0.2) is 4.98 Å². The summed E-state index contributed by atoms with van der Waals surface area (Å²) in [5.41, 5.74) is 0.971. The van der Waals surface area contributed by atoms with E-state index < -0.39 is 0 Å². The Morgan fingerprint density at radius 2 is 2.10 bits per heavy atom. The number of fused-ring (bicyclic) bond motifs is 1. The molecule has 0 aliphatic carbocycles. The van der Waals surface area contributed by atoms with Crippen molar-refractivity contribution in [2.45, 2.75) is 26.3 Å². The van der Waals surface area contributed by atoms with Gasteiger partial charge >= 0.3 is 0 Å². The molecule has 1 aromatic carbocycles. The molecule has 0 aliphatic heterocycles. The lowest BCUT2D eigenvalue weighted by molar-refractivity contribution is 0.356. The zero-order chi connectivity index (χ0) is 14.7. The largest absolute Gasteiger partial charge is 0.357 e. The summed E-state index contributed by atoms with van der Waals surface area (Å²) >= 11 is 7.70. The van der Waals surface area contributed by atoms with E-state index >= 15 is 0 Å². The van der Waals surface area contributed by atoms with Gasteiger partial charge in [-0.05, 0) is 44.6 Å². The molecule has 2 rings (SSSR count). The number of nitrogens with one attached hydrogen (secondary N) is 1. The van der Waals surface area contributed by atoms with Gasteiger partial charge in [0.15, 0.2) is 5.13 Å². The zero-order valence-electron chi connectivity index (χ0n) is 12.5. The van der Waals surface area contributed by atoms with Crippen LogP contribution in [0, 0.1) is 5.92 Å². The second kappa shape index (κ2) is 6.74. The molecule has 0 saturated heterocycles. The highest BCUT2D eigenvalue weighted by molar-refractivity contribution is 7.22. The van der Waals surface area contributed by atoms with Crippen molar-refractivity contribution in [3.05, 3.63) is 23.2 Å². The van der Waals surface area contributed by atoms with E-state index in [2.05, 4.69) is 43.1 Å². The van der Waals surface area contributed by atoms with Crippen molar-refractivity contribution >= 4 is 38.3 Å². The van der Waals surface area contributed by atoms with Gasteiger partial charge < -0.3 is 10.2 Å². The van der Waals surface area contributed by atoms with Crippen LogP contribution in [0.15, 0.2) is 18.2 Å². The molecule has 5 heteroatoms. The minimum atomic E-state index is 0.418.